The van der Waals surface area contributed by atoms with Crippen molar-refractivity contribution < 1.29 is 19.1 Å². The number of nitrogens with zero attached hydrogens (tertiary/aromatic N) is 1. The van der Waals surface area contributed by atoms with E-state index in [0.29, 0.717) is 11.8 Å². The minimum Gasteiger partial charge on any atom is -0.363 e. The van der Waals surface area contributed by atoms with Crippen molar-refractivity contribution in [1.82, 2.24) is 0 Å². The predicted octanol–water partition coefficient (Wildman–Crippen LogP) is 5.55. The summed E-state index contributed by atoms with van der Waals surface area (Å²) in [7, 11) is 0. The summed E-state index contributed by atoms with van der Waals surface area (Å²) in [5, 5.41) is 2.02. The first-order valence-electron chi connectivity index (χ1n) is 10.6. The van der Waals surface area contributed by atoms with Crippen molar-refractivity contribution in [2.45, 2.75) is 25.0 Å². The molecule has 5 nitrogen and oxygen atoms in total. The molecule has 0 amide bonds. The van der Waals surface area contributed by atoms with Crippen molar-refractivity contribution >= 4 is 23.1 Å². The number of rotatable bonds is 10. The SMILES string of the molecule is O=C=N[C@@](C=O)(OCc1ccccc1)[C@@H](OCc1ccccc1)c1ccc2ccccc2c1. The molecule has 0 radical (unpaired) electrons. The monoisotopic (exact) mass is 437 g/mol. The smallest absolute Gasteiger partial charge is 0.257 e. The van der Waals surface area contributed by atoms with Crippen molar-refractivity contribution in [3.63, 3.8) is 0 Å². The maximum Gasteiger partial charge on any atom is 0.257 e. The number of carbonyl (C=O) groups is 1. The first-order valence-corrected chi connectivity index (χ1v) is 10.6. The molecule has 4 rings (SSSR count). The van der Waals surface area contributed by atoms with Crippen LogP contribution in [0, 0.1) is 0 Å². The van der Waals surface area contributed by atoms with Crippen LogP contribution in [0.5, 0.6) is 0 Å². The molecule has 0 N–H and O–H groups in total. The highest BCUT2D eigenvalue weighted by molar-refractivity contribution is 5.83. The Morgan fingerprint density at radius 2 is 1.39 bits per heavy atom. The van der Waals surface area contributed by atoms with E-state index >= 15 is 0 Å². The molecule has 0 unspecified atom stereocenters. The van der Waals surface area contributed by atoms with Crippen LogP contribution in [-0.4, -0.2) is 18.1 Å². The number of hydrogen-bond acceptors (Lipinski definition) is 5. The molecule has 0 saturated heterocycles. The fourth-order valence-corrected chi connectivity index (χ4v) is 3.71. The second kappa shape index (κ2) is 10.6. The minimum atomic E-state index is -1.89. The lowest BCUT2D eigenvalue weighted by Gasteiger charge is -2.32. The molecule has 0 aliphatic carbocycles. The van der Waals surface area contributed by atoms with Gasteiger partial charge in [-0.2, -0.15) is 4.99 Å². The minimum absolute atomic E-state index is 0.0730. The number of fused-ring (bicyclic) bond motifs is 1. The lowest BCUT2D eigenvalue weighted by molar-refractivity contribution is -0.165. The maximum absolute atomic E-state index is 12.5. The van der Waals surface area contributed by atoms with Crippen LogP contribution >= 0.6 is 0 Å². The largest absolute Gasteiger partial charge is 0.363 e. The van der Waals surface area contributed by atoms with Crippen molar-refractivity contribution in [3.05, 3.63) is 120 Å². The molecule has 0 fully saturated rings. The number of aldehydes is 1. The molecule has 164 valence electrons. The van der Waals surface area contributed by atoms with Crippen LogP contribution in [0.25, 0.3) is 10.8 Å². The van der Waals surface area contributed by atoms with Crippen LogP contribution in [0.4, 0.5) is 0 Å². The van der Waals surface area contributed by atoms with Gasteiger partial charge in [0.15, 0.2) is 6.29 Å². The van der Waals surface area contributed by atoms with Gasteiger partial charge in [-0.05, 0) is 33.5 Å². The average Bonchev–Trinajstić information content (AvgIpc) is 2.88. The summed E-state index contributed by atoms with van der Waals surface area (Å²) in [6.07, 6.45) is 1.07. The molecule has 2 atom stereocenters. The summed E-state index contributed by atoms with van der Waals surface area (Å²) in [6.45, 7) is 0.278. The van der Waals surface area contributed by atoms with Crippen LogP contribution < -0.4 is 0 Å². The highest BCUT2D eigenvalue weighted by Crippen LogP contribution is 2.36. The van der Waals surface area contributed by atoms with Gasteiger partial charge < -0.3 is 9.47 Å². The number of carbonyl (C=O) groups excluding carboxylic acids is 2. The Labute approximate surface area is 192 Å². The van der Waals surface area contributed by atoms with Gasteiger partial charge in [-0.25, -0.2) is 4.79 Å². The Kier molecular flexibility index (Phi) is 7.18. The second-order valence-corrected chi connectivity index (χ2v) is 7.63. The lowest BCUT2D eigenvalue weighted by Crippen LogP contribution is -2.40. The fraction of sp³-hybridized carbons (Fsp3) is 0.143. The Morgan fingerprint density at radius 1 is 0.788 bits per heavy atom. The van der Waals surface area contributed by atoms with Crippen molar-refractivity contribution in [2.24, 2.45) is 4.99 Å². The molecule has 0 spiro atoms. The number of hydrogen-bond donors (Lipinski definition) is 0. The molecule has 4 aromatic carbocycles. The van der Waals surface area contributed by atoms with Crippen molar-refractivity contribution in [3.8, 4) is 0 Å². The highest BCUT2D eigenvalue weighted by Gasteiger charge is 2.43. The topological polar surface area (TPSA) is 65.0 Å². The van der Waals surface area contributed by atoms with E-state index in [1.165, 1.54) is 6.08 Å². The molecule has 4 aromatic rings. The summed E-state index contributed by atoms with van der Waals surface area (Å²) < 4.78 is 12.2. The Hall–Kier alpha value is -3.89. The summed E-state index contributed by atoms with van der Waals surface area (Å²) in [4.78, 5) is 27.7. The van der Waals surface area contributed by atoms with E-state index in [1.807, 2.05) is 103 Å². The summed E-state index contributed by atoms with van der Waals surface area (Å²) in [6, 6.07) is 32.6. The zero-order valence-corrected chi connectivity index (χ0v) is 18.0. The number of benzene rings is 4. The Bertz CT molecular complexity index is 1250. The molecule has 0 aliphatic rings. The van der Waals surface area contributed by atoms with Crippen LogP contribution in [0.3, 0.4) is 0 Å². The van der Waals surface area contributed by atoms with Gasteiger partial charge in [-0.1, -0.05) is 97.1 Å². The third kappa shape index (κ3) is 5.30. The summed E-state index contributed by atoms with van der Waals surface area (Å²) in [5.74, 6) is 0. The fourth-order valence-electron chi connectivity index (χ4n) is 3.71. The molecule has 33 heavy (non-hydrogen) atoms. The van der Waals surface area contributed by atoms with E-state index < -0.39 is 11.8 Å². The number of isocyanates is 1. The molecule has 0 heterocycles. The van der Waals surface area contributed by atoms with E-state index in [9.17, 15) is 9.59 Å². The zero-order chi connectivity index (χ0) is 22.9. The number of ether oxygens (including phenoxy) is 2. The Morgan fingerprint density at radius 3 is 2.03 bits per heavy atom. The summed E-state index contributed by atoms with van der Waals surface area (Å²) in [5.41, 5.74) is 0.532. The molecule has 0 bridgehead atoms. The van der Waals surface area contributed by atoms with E-state index in [2.05, 4.69) is 4.99 Å². The van der Waals surface area contributed by atoms with Gasteiger partial charge in [-0.15, -0.1) is 0 Å². The van der Waals surface area contributed by atoms with E-state index in [0.717, 1.165) is 21.9 Å². The Balaban J connectivity index is 1.74. The standard InChI is InChI=1S/C28H23NO4/c30-20-28(29-21-31,33-19-23-11-5-2-6-12-23)27(32-18-22-9-3-1-4-10-22)26-16-15-24-13-7-8-14-25(24)17-26/h1-17,20,27H,18-19H2/t27-,28-/m0/s1. The highest BCUT2D eigenvalue weighted by atomic mass is 16.6. The van der Waals surface area contributed by atoms with Gasteiger partial charge in [0.25, 0.3) is 5.72 Å². The van der Waals surface area contributed by atoms with E-state index in [1.54, 1.807) is 0 Å². The first kappa shape index (κ1) is 22.3. The van der Waals surface area contributed by atoms with E-state index in [-0.39, 0.29) is 13.2 Å². The molecule has 0 aromatic heterocycles. The quantitative estimate of drug-likeness (QED) is 0.185. The first-order chi connectivity index (χ1) is 16.2. The molecular weight excluding hydrogens is 414 g/mol. The van der Waals surface area contributed by atoms with Crippen molar-refractivity contribution in [2.75, 3.05) is 0 Å². The second-order valence-electron chi connectivity index (χ2n) is 7.63. The van der Waals surface area contributed by atoms with Gasteiger partial charge >= 0.3 is 0 Å². The molecule has 5 heteroatoms. The van der Waals surface area contributed by atoms with Gasteiger partial charge in [0.2, 0.25) is 6.08 Å². The maximum atomic E-state index is 12.5. The van der Waals surface area contributed by atoms with Gasteiger partial charge in [0.05, 0.1) is 13.2 Å². The molecule has 0 saturated carbocycles. The van der Waals surface area contributed by atoms with Gasteiger partial charge in [0.1, 0.15) is 6.10 Å². The van der Waals surface area contributed by atoms with Crippen LogP contribution in [0.2, 0.25) is 0 Å². The van der Waals surface area contributed by atoms with Crippen LogP contribution in [0.1, 0.15) is 22.8 Å². The van der Waals surface area contributed by atoms with Gasteiger partial charge in [0, 0.05) is 0 Å². The van der Waals surface area contributed by atoms with Crippen molar-refractivity contribution in [1.29, 1.82) is 0 Å². The third-order valence-corrected chi connectivity index (χ3v) is 5.41. The number of aliphatic imine (C=N–C) groups is 1. The summed E-state index contributed by atoms with van der Waals surface area (Å²) >= 11 is 0. The zero-order valence-electron chi connectivity index (χ0n) is 18.0. The predicted molar refractivity (Wildman–Crippen MR) is 126 cm³/mol. The van der Waals surface area contributed by atoms with E-state index in [4.69, 9.17) is 9.47 Å². The van der Waals surface area contributed by atoms with Crippen LogP contribution in [-0.2, 0) is 32.3 Å². The normalized spacial score (nSPS) is 13.6. The van der Waals surface area contributed by atoms with Crippen LogP contribution in [0.15, 0.2) is 108 Å². The molecule has 0 aliphatic heterocycles. The van der Waals surface area contributed by atoms with Gasteiger partial charge in [-0.3, -0.25) is 4.79 Å². The third-order valence-electron chi connectivity index (χ3n) is 5.41. The molecular formula is C28H23NO4. The average molecular weight is 437 g/mol. The lowest BCUT2D eigenvalue weighted by atomic mass is 9.96.